The Balaban J connectivity index is 4.49. The molecule has 4 heteroatoms. The summed E-state index contributed by atoms with van der Waals surface area (Å²) in [6.45, 7) is 10.5. The van der Waals surface area contributed by atoms with Gasteiger partial charge in [-0.3, -0.25) is 14.4 Å². The summed E-state index contributed by atoms with van der Waals surface area (Å²) in [5.41, 5.74) is 0. The summed E-state index contributed by atoms with van der Waals surface area (Å²) in [6, 6.07) is 0. The molecule has 0 saturated carbocycles. The van der Waals surface area contributed by atoms with Crippen molar-refractivity contribution in [1.29, 1.82) is 0 Å². The molecule has 0 aromatic rings. The lowest BCUT2D eigenvalue weighted by Crippen LogP contribution is -2.31. The van der Waals surface area contributed by atoms with Crippen LogP contribution in [0, 0.1) is 17.8 Å². The van der Waals surface area contributed by atoms with Crippen molar-refractivity contribution in [2.75, 3.05) is 6.61 Å². The van der Waals surface area contributed by atoms with Gasteiger partial charge in [-0.25, -0.2) is 0 Å². The molecule has 0 saturated heterocycles. The SMILES string of the molecule is C=CCOC(=O)C(C)C(=O)[C@H](C)[C@@H](C)CC(=O)CC. The monoisotopic (exact) mass is 268 g/mol. The standard InChI is InChI=1S/C15H24O4/c1-6-8-19-15(18)12(5)14(17)11(4)10(3)9-13(16)7-2/h6,10-12H,1,7-9H2,2-5H3/t10-,11+,12?/m0/s1. The van der Waals surface area contributed by atoms with Crippen molar-refractivity contribution in [2.24, 2.45) is 17.8 Å². The van der Waals surface area contributed by atoms with Crippen molar-refractivity contribution >= 4 is 17.5 Å². The molecule has 0 aliphatic carbocycles. The van der Waals surface area contributed by atoms with Crippen molar-refractivity contribution in [1.82, 2.24) is 0 Å². The number of Topliss-reactive ketones (excluding diaryl/α,β-unsaturated/α-hetero) is 2. The molecular formula is C15H24O4. The minimum Gasteiger partial charge on any atom is -0.461 e. The van der Waals surface area contributed by atoms with Crippen molar-refractivity contribution in [2.45, 2.75) is 40.5 Å². The van der Waals surface area contributed by atoms with E-state index < -0.39 is 11.9 Å². The zero-order chi connectivity index (χ0) is 15.0. The molecule has 0 aliphatic heterocycles. The van der Waals surface area contributed by atoms with E-state index >= 15 is 0 Å². The molecule has 0 aromatic carbocycles. The highest BCUT2D eigenvalue weighted by Crippen LogP contribution is 2.21. The Labute approximate surface area is 115 Å². The molecule has 0 rings (SSSR count). The van der Waals surface area contributed by atoms with Crippen LogP contribution in [0.25, 0.3) is 0 Å². The average molecular weight is 268 g/mol. The normalized spacial score (nSPS) is 15.2. The van der Waals surface area contributed by atoms with Crippen LogP contribution in [0.15, 0.2) is 12.7 Å². The summed E-state index contributed by atoms with van der Waals surface area (Å²) >= 11 is 0. The molecule has 0 N–H and O–H groups in total. The predicted octanol–water partition coefficient (Wildman–Crippen LogP) is 2.56. The number of ether oxygens (including phenoxy) is 1. The topological polar surface area (TPSA) is 60.4 Å². The molecule has 4 nitrogen and oxygen atoms in total. The van der Waals surface area contributed by atoms with E-state index in [0.717, 1.165) is 0 Å². The van der Waals surface area contributed by atoms with Gasteiger partial charge in [-0.15, -0.1) is 0 Å². The summed E-state index contributed by atoms with van der Waals surface area (Å²) in [4.78, 5) is 35.1. The molecule has 0 aliphatic rings. The van der Waals surface area contributed by atoms with E-state index in [1.165, 1.54) is 6.08 Å². The molecule has 0 spiro atoms. The highest BCUT2D eigenvalue weighted by molar-refractivity contribution is 5.99. The number of ketones is 2. The second-order valence-electron chi connectivity index (χ2n) is 4.91. The lowest BCUT2D eigenvalue weighted by atomic mass is 9.83. The first-order valence-corrected chi connectivity index (χ1v) is 6.68. The maximum absolute atomic E-state index is 12.1. The van der Waals surface area contributed by atoms with Gasteiger partial charge in [0.2, 0.25) is 0 Å². The van der Waals surface area contributed by atoms with Gasteiger partial charge < -0.3 is 4.74 Å². The molecule has 0 amide bonds. The van der Waals surface area contributed by atoms with Crippen LogP contribution in [-0.4, -0.2) is 24.1 Å². The lowest BCUT2D eigenvalue weighted by molar-refractivity contribution is -0.151. The van der Waals surface area contributed by atoms with E-state index in [9.17, 15) is 14.4 Å². The molecule has 0 radical (unpaired) electrons. The smallest absolute Gasteiger partial charge is 0.316 e. The highest BCUT2D eigenvalue weighted by Gasteiger charge is 2.30. The van der Waals surface area contributed by atoms with E-state index in [-0.39, 0.29) is 30.0 Å². The molecule has 0 heterocycles. The van der Waals surface area contributed by atoms with Crippen molar-refractivity contribution in [3.05, 3.63) is 12.7 Å². The summed E-state index contributed by atoms with van der Waals surface area (Å²) in [5, 5.41) is 0. The van der Waals surface area contributed by atoms with Gasteiger partial charge in [0.05, 0.1) is 0 Å². The Hall–Kier alpha value is -1.45. The number of esters is 1. The fraction of sp³-hybridized carbons (Fsp3) is 0.667. The van der Waals surface area contributed by atoms with Crippen LogP contribution in [0.3, 0.4) is 0 Å². The van der Waals surface area contributed by atoms with E-state index in [4.69, 9.17) is 4.74 Å². The van der Waals surface area contributed by atoms with E-state index in [1.54, 1.807) is 20.8 Å². The van der Waals surface area contributed by atoms with Gasteiger partial charge in [-0.1, -0.05) is 33.4 Å². The third-order valence-electron chi connectivity index (χ3n) is 3.37. The highest BCUT2D eigenvalue weighted by atomic mass is 16.5. The fourth-order valence-corrected chi connectivity index (χ4v) is 1.74. The van der Waals surface area contributed by atoms with Gasteiger partial charge in [0.25, 0.3) is 0 Å². The molecule has 0 bridgehead atoms. The van der Waals surface area contributed by atoms with Crippen LogP contribution in [0.5, 0.6) is 0 Å². The van der Waals surface area contributed by atoms with Crippen LogP contribution in [0.1, 0.15) is 40.5 Å². The Morgan fingerprint density at radius 2 is 1.79 bits per heavy atom. The van der Waals surface area contributed by atoms with Crippen LogP contribution in [0.2, 0.25) is 0 Å². The summed E-state index contributed by atoms with van der Waals surface area (Å²) in [7, 11) is 0. The zero-order valence-corrected chi connectivity index (χ0v) is 12.3. The Morgan fingerprint density at radius 3 is 2.26 bits per heavy atom. The first-order valence-electron chi connectivity index (χ1n) is 6.68. The zero-order valence-electron chi connectivity index (χ0n) is 12.3. The van der Waals surface area contributed by atoms with Crippen LogP contribution in [-0.2, 0) is 19.1 Å². The third kappa shape index (κ3) is 5.81. The Bertz CT molecular complexity index is 346. The molecule has 1 unspecified atom stereocenters. The molecule has 3 atom stereocenters. The van der Waals surface area contributed by atoms with Crippen molar-refractivity contribution < 1.29 is 19.1 Å². The third-order valence-corrected chi connectivity index (χ3v) is 3.37. The second kappa shape index (κ2) is 8.62. The fourth-order valence-electron chi connectivity index (χ4n) is 1.74. The predicted molar refractivity (Wildman–Crippen MR) is 73.6 cm³/mol. The Morgan fingerprint density at radius 1 is 1.21 bits per heavy atom. The van der Waals surface area contributed by atoms with Crippen LogP contribution >= 0.6 is 0 Å². The maximum Gasteiger partial charge on any atom is 0.316 e. The summed E-state index contributed by atoms with van der Waals surface area (Å²) in [5.74, 6) is -1.77. The van der Waals surface area contributed by atoms with Gasteiger partial charge in [-0.05, 0) is 12.8 Å². The molecule has 0 aromatic heterocycles. The summed E-state index contributed by atoms with van der Waals surface area (Å²) < 4.78 is 4.86. The van der Waals surface area contributed by atoms with Gasteiger partial charge >= 0.3 is 5.97 Å². The minimum absolute atomic E-state index is 0.0606. The van der Waals surface area contributed by atoms with Gasteiger partial charge in [0.15, 0.2) is 0 Å². The average Bonchev–Trinajstić information content (AvgIpc) is 2.41. The number of carbonyl (C=O) groups excluding carboxylic acids is 3. The Kier molecular flexibility index (Phi) is 7.96. The largest absolute Gasteiger partial charge is 0.461 e. The second-order valence-corrected chi connectivity index (χ2v) is 4.91. The van der Waals surface area contributed by atoms with E-state index in [1.807, 2.05) is 6.92 Å². The van der Waals surface area contributed by atoms with Crippen LogP contribution < -0.4 is 0 Å². The van der Waals surface area contributed by atoms with Crippen LogP contribution in [0.4, 0.5) is 0 Å². The van der Waals surface area contributed by atoms with Crippen molar-refractivity contribution in [3.8, 4) is 0 Å². The van der Waals surface area contributed by atoms with E-state index in [0.29, 0.717) is 12.8 Å². The molecular weight excluding hydrogens is 244 g/mol. The van der Waals surface area contributed by atoms with Gasteiger partial charge in [-0.2, -0.15) is 0 Å². The molecule has 108 valence electrons. The molecule has 0 fully saturated rings. The minimum atomic E-state index is -0.797. The van der Waals surface area contributed by atoms with Gasteiger partial charge in [0.1, 0.15) is 24.1 Å². The number of hydrogen-bond acceptors (Lipinski definition) is 4. The number of carbonyl (C=O) groups is 3. The maximum atomic E-state index is 12.1. The lowest BCUT2D eigenvalue weighted by Gasteiger charge is -2.20. The number of rotatable bonds is 9. The van der Waals surface area contributed by atoms with Gasteiger partial charge in [0, 0.05) is 18.8 Å². The summed E-state index contributed by atoms with van der Waals surface area (Å²) in [6.07, 6.45) is 2.31. The molecule has 19 heavy (non-hydrogen) atoms. The first-order chi connectivity index (χ1) is 8.84. The van der Waals surface area contributed by atoms with Crippen molar-refractivity contribution in [3.63, 3.8) is 0 Å². The number of hydrogen-bond donors (Lipinski definition) is 0. The quantitative estimate of drug-likeness (QED) is 0.366. The van der Waals surface area contributed by atoms with E-state index in [2.05, 4.69) is 6.58 Å². The first kappa shape index (κ1) is 17.6.